The van der Waals surface area contributed by atoms with Gasteiger partial charge in [-0.15, -0.1) is 0 Å². The van der Waals surface area contributed by atoms with Crippen LogP contribution in [0.3, 0.4) is 0 Å². The number of hydrogen-bond donors (Lipinski definition) is 1. The van der Waals surface area contributed by atoms with Crippen molar-refractivity contribution in [1.29, 1.82) is 0 Å². The molecule has 1 heterocycles. The Balaban J connectivity index is 2.60. The number of halogens is 2. The van der Waals surface area contributed by atoms with Gasteiger partial charge in [0.25, 0.3) is 12.3 Å². The zero-order valence-corrected chi connectivity index (χ0v) is 13.2. The van der Waals surface area contributed by atoms with Crippen molar-refractivity contribution in [2.45, 2.75) is 33.3 Å². The highest BCUT2D eigenvalue weighted by Gasteiger charge is 2.19. The van der Waals surface area contributed by atoms with E-state index in [0.717, 1.165) is 0 Å². The number of nitrogens with zero attached hydrogens (tertiary/aromatic N) is 1. The number of esters is 1. The molecule has 0 saturated carbocycles. The minimum Gasteiger partial charge on any atom is -0.486 e. The molecule has 1 N–H and O–H groups in total. The molecule has 0 spiro atoms. The first-order valence-corrected chi connectivity index (χ1v) is 7.14. The van der Waals surface area contributed by atoms with Crippen LogP contribution in [0.15, 0.2) is 18.5 Å². The number of alkyl halides is 2. The van der Waals surface area contributed by atoms with E-state index in [0.29, 0.717) is 6.54 Å². The summed E-state index contributed by atoms with van der Waals surface area (Å²) >= 11 is 0. The highest BCUT2D eigenvalue weighted by Crippen LogP contribution is 2.14. The van der Waals surface area contributed by atoms with Crippen LogP contribution in [0.1, 0.15) is 31.1 Å². The molecule has 0 fully saturated rings. The van der Waals surface area contributed by atoms with Crippen molar-refractivity contribution in [2.24, 2.45) is 5.92 Å². The fraction of sp³-hybridized carbons (Fsp3) is 0.533. The van der Waals surface area contributed by atoms with Gasteiger partial charge in [0.05, 0.1) is 11.8 Å². The molecule has 0 aliphatic rings. The van der Waals surface area contributed by atoms with Gasteiger partial charge in [-0.1, -0.05) is 13.8 Å². The third-order valence-electron chi connectivity index (χ3n) is 2.66. The Morgan fingerprint density at radius 1 is 1.26 bits per heavy atom. The van der Waals surface area contributed by atoms with Crippen LogP contribution < -0.4 is 10.1 Å². The molecule has 128 valence electrons. The van der Waals surface area contributed by atoms with E-state index in [1.165, 1.54) is 25.4 Å². The molecule has 0 saturated heterocycles. The lowest BCUT2D eigenvalue weighted by molar-refractivity contribution is -0.129. The lowest BCUT2D eigenvalue weighted by Crippen LogP contribution is -2.37. The van der Waals surface area contributed by atoms with Crippen molar-refractivity contribution in [3.8, 4) is 5.75 Å². The second-order valence-electron chi connectivity index (χ2n) is 5.30. The summed E-state index contributed by atoms with van der Waals surface area (Å²) in [6.07, 6.45) is -1.20. The zero-order chi connectivity index (χ0) is 17.4. The molecule has 0 bridgehead atoms. The van der Waals surface area contributed by atoms with Crippen LogP contribution in [-0.2, 0) is 9.53 Å². The summed E-state index contributed by atoms with van der Waals surface area (Å²) in [4.78, 5) is 27.4. The molecule has 8 heteroatoms. The quantitative estimate of drug-likeness (QED) is 0.738. The number of aromatic nitrogens is 1. The SMILES string of the molecule is CC(C)CNC(=O)C(C)OC(=O)c1cncc(OCC(F)F)c1. The Bertz CT molecular complexity index is 538. The second-order valence-corrected chi connectivity index (χ2v) is 5.30. The van der Waals surface area contributed by atoms with Crippen molar-refractivity contribution >= 4 is 11.9 Å². The van der Waals surface area contributed by atoms with Crippen LogP contribution in [0, 0.1) is 5.92 Å². The first-order valence-electron chi connectivity index (χ1n) is 7.14. The van der Waals surface area contributed by atoms with Crippen LogP contribution in [0.25, 0.3) is 0 Å². The van der Waals surface area contributed by atoms with Gasteiger partial charge in [-0.25, -0.2) is 13.6 Å². The molecule has 1 aromatic rings. The van der Waals surface area contributed by atoms with E-state index in [1.807, 2.05) is 13.8 Å². The van der Waals surface area contributed by atoms with E-state index in [1.54, 1.807) is 0 Å². The summed E-state index contributed by atoms with van der Waals surface area (Å²) in [6.45, 7) is 4.99. The van der Waals surface area contributed by atoms with Gasteiger partial charge in [-0.3, -0.25) is 9.78 Å². The predicted molar refractivity (Wildman–Crippen MR) is 78.5 cm³/mol. The lowest BCUT2D eigenvalue weighted by atomic mass is 10.2. The number of carbonyl (C=O) groups excluding carboxylic acids is 2. The average molecular weight is 330 g/mol. The first-order chi connectivity index (χ1) is 10.8. The van der Waals surface area contributed by atoms with Gasteiger partial charge in [0.1, 0.15) is 12.4 Å². The molecule has 1 amide bonds. The molecule has 1 rings (SSSR count). The monoisotopic (exact) mass is 330 g/mol. The number of nitrogens with one attached hydrogen (secondary N) is 1. The smallest absolute Gasteiger partial charge is 0.340 e. The lowest BCUT2D eigenvalue weighted by Gasteiger charge is -2.14. The largest absolute Gasteiger partial charge is 0.486 e. The predicted octanol–water partition coefficient (Wildman–Crippen LogP) is 2.04. The number of hydrogen-bond acceptors (Lipinski definition) is 5. The molecule has 6 nitrogen and oxygen atoms in total. The molecule has 0 aliphatic carbocycles. The normalized spacial score (nSPS) is 12.1. The summed E-state index contributed by atoms with van der Waals surface area (Å²) in [7, 11) is 0. The van der Waals surface area contributed by atoms with Crippen LogP contribution >= 0.6 is 0 Å². The Morgan fingerprint density at radius 2 is 1.96 bits per heavy atom. The summed E-state index contributed by atoms with van der Waals surface area (Å²) in [6, 6.07) is 1.23. The Labute approximate surface area is 133 Å². The van der Waals surface area contributed by atoms with Gasteiger partial charge in [-0.2, -0.15) is 0 Å². The van der Waals surface area contributed by atoms with E-state index >= 15 is 0 Å². The minimum absolute atomic E-state index is 0.0141. The van der Waals surface area contributed by atoms with Gasteiger partial charge in [0, 0.05) is 12.7 Å². The molecule has 0 aromatic carbocycles. The van der Waals surface area contributed by atoms with Crippen molar-refractivity contribution in [2.75, 3.05) is 13.2 Å². The zero-order valence-electron chi connectivity index (χ0n) is 13.2. The molecule has 1 unspecified atom stereocenters. The molecule has 1 aromatic heterocycles. The van der Waals surface area contributed by atoms with Gasteiger partial charge in [-0.05, 0) is 18.9 Å². The van der Waals surface area contributed by atoms with Crippen LogP contribution in [0.2, 0.25) is 0 Å². The van der Waals surface area contributed by atoms with Gasteiger partial charge < -0.3 is 14.8 Å². The molecular formula is C15H20F2N2O4. The molecule has 0 radical (unpaired) electrons. The highest BCUT2D eigenvalue weighted by atomic mass is 19.3. The van der Waals surface area contributed by atoms with Gasteiger partial charge >= 0.3 is 5.97 Å². The van der Waals surface area contributed by atoms with Crippen LogP contribution in [0.4, 0.5) is 8.78 Å². The van der Waals surface area contributed by atoms with Crippen LogP contribution in [-0.4, -0.2) is 42.5 Å². The summed E-state index contributed by atoms with van der Waals surface area (Å²) in [5.74, 6) is -0.899. The van der Waals surface area contributed by atoms with Crippen LogP contribution in [0.5, 0.6) is 5.75 Å². The summed E-state index contributed by atoms with van der Waals surface area (Å²) in [5.41, 5.74) is 0.0141. The van der Waals surface area contributed by atoms with E-state index < -0.39 is 31.0 Å². The van der Waals surface area contributed by atoms with E-state index in [-0.39, 0.29) is 17.2 Å². The number of ether oxygens (including phenoxy) is 2. The number of carbonyl (C=O) groups is 2. The minimum atomic E-state index is -2.63. The van der Waals surface area contributed by atoms with E-state index in [2.05, 4.69) is 10.3 Å². The average Bonchev–Trinajstić information content (AvgIpc) is 2.50. The Morgan fingerprint density at radius 3 is 2.57 bits per heavy atom. The van der Waals surface area contributed by atoms with E-state index in [4.69, 9.17) is 9.47 Å². The fourth-order valence-corrected chi connectivity index (χ4v) is 1.50. The number of pyridine rings is 1. The summed E-state index contributed by atoms with van der Waals surface area (Å²) < 4.78 is 34.0. The number of amides is 1. The van der Waals surface area contributed by atoms with Crippen molar-refractivity contribution in [1.82, 2.24) is 10.3 Å². The highest BCUT2D eigenvalue weighted by molar-refractivity contribution is 5.92. The van der Waals surface area contributed by atoms with Crippen molar-refractivity contribution < 1.29 is 27.8 Å². The van der Waals surface area contributed by atoms with Crippen molar-refractivity contribution in [3.05, 3.63) is 24.0 Å². The Kier molecular flexibility index (Phi) is 7.37. The topological polar surface area (TPSA) is 77.5 Å². The molecule has 23 heavy (non-hydrogen) atoms. The summed E-state index contributed by atoms with van der Waals surface area (Å²) in [5, 5.41) is 2.64. The maximum absolute atomic E-state index is 12.1. The van der Waals surface area contributed by atoms with Crippen molar-refractivity contribution in [3.63, 3.8) is 0 Å². The third-order valence-corrected chi connectivity index (χ3v) is 2.66. The van der Waals surface area contributed by atoms with Gasteiger partial charge in [0.15, 0.2) is 6.10 Å². The van der Waals surface area contributed by atoms with Gasteiger partial charge in [0.2, 0.25) is 0 Å². The molecular weight excluding hydrogens is 310 g/mol. The molecule has 0 aliphatic heterocycles. The fourth-order valence-electron chi connectivity index (χ4n) is 1.50. The number of rotatable bonds is 8. The second kappa shape index (κ2) is 9.02. The Hall–Kier alpha value is -2.25. The third kappa shape index (κ3) is 7.03. The first kappa shape index (κ1) is 18.8. The maximum Gasteiger partial charge on any atom is 0.340 e. The van der Waals surface area contributed by atoms with E-state index in [9.17, 15) is 18.4 Å². The maximum atomic E-state index is 12.1. The molecule has 1 atom stereocenters. The standard InChI is InChI=1S/C15H20F2N2O4/c1-9(2)5-19-14(20)10(3)23-15(21)11-4-12(7-18-6-11)22-8-13(16)17/h4,6-7,9-10,13H,5,8H2,1-3H3,(H,19,20).